The van der Waals surface area contributed by atoms with Crippen molar-refractivity contribution < 1.29 is 14.6 Å². The minimum Gasteiger partial charge on any atom is -0.494 e. The molecule has 36 heavy (non-hydrogen) atoms. The van der Waals surface area contributed by atoms with E-state index in [2.05, 4.69) is 21.8 Å². The maximum Gasteiger partial charge on any atom is 0.303 e. The zero-order valence-electron chi connectivity index (χ0n) is 19.2. The molecule has 2 N–H and O–H groups in total. The number of nitrogens with zero attached hydrogens (tertiary/aromatic N) is 1. The van der Waals surface area contributed by atoms with Crippen molar-refractivity contribution in [3.63, 3.8) is 0 Å². The average Bonchev–Trinajstić information content (AvgIpc) is 3.34. The van der Waals surface area contributed by atoms with Crippen LogP contribution in [-0.2, 0) is 4.79 Å². The highest BCUT2D eigenvalue weighted by atomic mass is 35.5. The van der Waals surface area contributed by atoms with Crippen LogP contribution >= 0.6 is 23.2 Å². The van der Waals surface area contributed by atoms with Crippen LogP contribution in [-0.4, -0.2) is 27.7 Å². The molecule has 1 heterocycles. The summed E-state index contributed by atoms with van der Waals surface area (Å²) in [6.07, 6.45) is 6.19. The molecule has 180 valence electrons. The van der Waals surface area contributed by atoms with E-state index in [0.29, 0.717) is 34.6 Å². The first-order valence-electron chi connectivity index (χ1n) is 11.2. The highest BCUT2D eigenvalue weighted by Gasteiger charge is 2.07. The summed E-state index contributed by atoms with van der Waals surface area (Å²) in [5.41, 5.74) is 4.45. The van der Waals surface area contributed by atoms with E-state index in [9.17, 15) is 4.79 Å². The second-order valence-corrected chi connectivity index (χ2v) is 8.73. The van der Waals surface area contributed by atoms with Gasteiger partial charge in [0, 0.05) is 28.1 Å². The Kier molecular flexibility index (Phi) is 8.46. The molecular formula is C29H22Cl2N2O3. The molecule has 0 bridgehead atoms. The second kappa shape index (κ2) is 12.1. The lowest BCUT2D eigenvalue weighted by Crippen LogP contribution is -2.01. The fourth-order valence-corrected chi connectivity index (χ4v) is 3.82. The number of nitrogens with one attached hydrogen (secondary N) is 1. The molecule has 5 nitrogen and oxygen atoms in total. The van der Waals surface area contributed by atoms with Crippen LogP contribution in [0, 0.1) is 11.8 Å². The highest BCUT2D eigenvalue weighted by molar-refractivity contribution is 6.36. The summed E-state index contributed by atoms with van der Waals surface area (Å²) >= 11 is 12.3. The maximum atomic E-state index is 10.5. The number of ether oxygens (including phenoxy) is 1. The van der Waals surface area contributed by atoms with Gasteiger partial charge in [-0.05, 0) is 72.7 Å². The molecule has 0 amide bonds. The van der Waals surface area contributed by atoms with Crippen LogP contribution < -0.4 is 4.74 Å². The Balaban J connectivity index is 1.33. The van der Waals surface area contributed by atoms with Crippen molar-refractivity contribution in [2.24, 2.45) is 0 Å². The van der Waals surface area contributed by atoms with Gasteiger partial charge in [0.15, 0.2) is 0 Å². The molecule has 0 saturated heterocycles. The van der Waals surface area contributed by atoms with Crippen LogP contribution in [0.5, 0.6) is 5.75 Å². The first-order valence-corrected chi connectivity index (χ1v) is 12.0. The number of aromatic amines is 1. The molecule has 0 aliphatic rings. The summed E-state index contributed by atoms with van der Waals surface area (Å²) in [6.45, 7) is 0.371. The summed E-state index contributed by atoms with van der Waals surface area (Å²) in [7, 11) is 0. The minimum absolute atomic E-state index is 0.0988. The molecule has 4 aromatic rings. The quantitative estimate of drug-likeness (QED) is 0.192. The van der Waals surface area contributed by atoms with Crippen molar-refractivity contribution in [2.45, 2.75) is 12.8 Å². The number of halogens is 2. The Labute approximate surface area is 219 Å². The van der Waals surface area contributed by atoms with E-state index in [1.807, 2.05) is 66.7 Å². The van der Waals surface area contributed by atoms with E-state index in [1.165, 1.54) is 0 Å². The number of hydrogen-bond acceptors (Lipinski definition) is 3. The topological polar surface area (TPSA) is 75.2 Å². The van der Waals surface area contributed by atoms with Gasteiger partial charge in [-0.15, -0.1) is 0 Å². The zero-order chi connectivity index (χ0) is 25.3. The minimum atomic E-state index is -0.819. The van der Waals surface area contributed by atoms with Crippen LogP contribution in [0.4, 0.5) is 0 Å². The molecule has 4 rings (SSSR count). The molecule has 0 radical (unpaired) electrons. The van der Waals surface area contributed by atoms with E-state index in [1.54, 1.807) is 18.3 Å². The number of H-pyrrole nitrogens is 1. The van der Waals surface area contributed by atoms with Crippen molar-refractivity contribution in [2.75, 3.05) is 6.61 Å². The molecule has 0 aliphatic carbocycles. The lowest BCUT2D eigenvalue weighted by Gasteiger charge is -2.04. The van der Waals surface area contributed by atoms with Crippen molar-refractivity contribution in [3.05, 3.63) is 105 Å². The third-order valence-electron chi connectivity index (χ3n) is 5.17. The maximum absolute atomic E-state index is 10.5. The van der Waals surface area contributed by atoms with Gasteiger partial charge in [0.25, 0.3) is 0 Å². The number of carboxylic acids is 1. The summed E-state index contributed by atoms with van der Waals surface area (Å²) in [6, 6.07) is 20.7. The smallest absolute Gasteiger partial charge is 0.303 e. The fraction of sp³-hybridized carbons (Fsp3) is 0.103. The summed E-state index contributed by atoms with van der Waals surface area (Å²) in [5.74, 6) is 6.89. The molecule has 3 aromatic carbocycles. The number of benzene rings is 3. The first-order chi connectivity index (χ1) is 17.5. The Morgan fingerprint density at radius 2 is 1.67 bits per heavy atom. The molecule has 0 fully saturated rings. The number of carboxylic acid groups (broad SMARTS) is 1. The van der Waals surface area contributed by atoms with Gasteiger partial charge in [-0.25, -0.2) is 4.98 Å². The van der Waals surface area contributed by atoms with E-state index in [0.717, 1.165) is 27.9 Å². The number of hydrogen-bond donors (Lipinski definition) is 2. The summed E-state index contributed by atoms with van der Waals surface area (Å²) < 4.78 is 5.54. The molecule has 0 saturated carbocycles. The van der Waals surface area contributed by atoms with Gasteiger partial charge in [-0.2, -0.15) is 0 Å². The number of carbonyl (C=O) groups is 1. The number of aliphatic carboxylic acids is 1. The highest BCUT2D eigenvalue weighted by Crippen LogP contribution is 2.29. The van der Waals surface area contributed by atoms with Gasteiger partial charge >= 0.3 is 5.97 Å². The number of imidazole rings is 1. The molecule has 0 atom stereocenters. The monoisotopic (exact) mass is 516 g/mol. The van der Waals surface area contributed by atoms with Crippen molar-refractivity contribution in [1.29, 1.82) is 0 Å². The molecule has 1 aromatic heterocycles. The van der Waals surface area contributed by atoms with E-state index in [4.69, 9.17) is 33.0 Å². The first kappa shape index (κ1) is 25.1. The summed E-state index contributed by atoms with van der Waals surface area (Å²) in [4.78, 5) is 18.2. The van der Waals surface area contributed by atoms with E-state index in [-0.39, 0.29) is 6.42 Å². The van der Waals surface area contributed by atoms with Crippen LogP contribution in [0.15, 0.2) is 72.9 Å². The van der Waals surface area contributed by atoms with Gasteiger partial charge in [-0.3, -0.25) is 4.79 Å². The third kappa shape index (κ3) is 7.26. The van der Waals surface area contributed by atoms with Gasteiger partial charge in [0.2, 0.25) is 0 Å². The van der Waals surface area contributed by atoms with Gasteiger partial charge in [-0.1, -0.05) is 53.3 Å². The molecular weight excluding hydrogens is 495 g/mol. The van der Waals surface area contributed by atoms with E-state index < -0.39 is 5.97 Å². The molecule has 7 heteroatoms. The lowest BCUT2D eigenvalue weighted by atomic mass is 10.1. The standard InChI is InChI=1S/C29H22Cl2N2O3/c30-23-12-15-25(26(31)18-23)27-19-32-28(33-27)16-11-21-6-3-20(4-7-21)5-8-22-9-13-24(14-10-22)36-17-1-2-29(34)35/h3-4,6-7,9-16,18-19H,1-2,17H2,(H,32,33)(H,34,35). The molecule has 0 unspecified atom stereocenters. The lowest BCUT2D eigenvalue weighted by molar-refractivity contribution is -0.137. The SMILES string of the molecule is O=C(O)CCCOc1ccc(C#Cc2ccc(C=Cc3ncc(-c4ccc(Cl)cc4Cl)[nH]3)cc2)cc1. The Bertz CT molecular complexity index is 1430. The number of rotatable bonds is 8. The fourth-order valence-electron chi connectivity index (χ4n) is 3.31. The van der Waals surface area contributed by atoms with Gasteiger partial charge < -0.3 is 14.8 Å². The van der Waals surface area contributed by atoms with Crippen molar-refractivity contribution >= 4 is 41.3 Å². The van der Waals surface area contributed by atoms with Crippen LogP contribution in [0.25, 0.3) is 23.4 Å². The van der Waals surface area contributed by atoms with Crippen molar-refractivity contribution in [3.8, 4) is 28.8 Å². The Morgan fingerprint density at radius 3 is 2.33 bits per heavy atom. The van der Waals surface area contributed by atoms with Crippen LogP contribution in [0.2, 0.25) is 10.0 Å². The summed E-state index contributed by atoms with van der Waals surface area (Å²) in [5, 5.41) is 9.81. The Hall–Kier alpha value is -3.98. The average molecular weight is 517 g/mol. The predicted octanol–water partition coefficient (Wildman–Crippen LogP) is 7.20. The van der Waals surface area contributed by atoms with E-state index >= 15 is 0 Å². The van der Waals surface area contributed by atoms with Gasteiger partial charge in [0.1, 0.15) is 11.6 Å². The van der Waals surface area contributed by atoms with Gasteiger partial charge in [0.05, 0.1) is 23.5 Å². The third-order valence-corrected chi connectivity index (χ3v) is 5.72. The zero-order valence-corrected chi connectivity index (χ0v) is 20.7. The molecule has 0 spiro atoms. The van der Waals surface area contributed by atoms with Crippen LogP contribution in [0.3, 0.4) is 0 Å². The normalized spacial score (nSPS) is 10.7. The van der Waals surface area contributed by atoms with Crippen molar-refractivity contribution in [1.82, 2.24) is 9.97 Å². The second-order valence-electron chi connectivity index (χ2n) is 7.88. The number of aromatic nitrogens is 2. The Morgan fingerprint density at radius 1 is 0.972 bits per heavy atom. The molecule has 0 aliphatic heterocycles. The predicted molar refractivity (Wildman–Crippen MR) is 144 cm³/mol. The van der Waals surface area contributed by atoms with Crippen LogP contribution in [0.1, 0.15) is 35.4 Å². The largest absolute Gasteiger partial charge is 0.494 e.